The highest BCUT2D eigenvalue weighted by molar-refractivity contribution is 7.91. The minimum absolute atomic E-state index is 0.0589. The second kappa shape index (κ2) is 6.01. The molecule has 2 aliphatic rings. The molecule has 2 aliphatic heterocycles. The van der Waals surface area contributed by atoms with Crippen LogP contribution in [0.4, 0.5) is 5.69 Å². The number of fused-ring (bicyclic) bond motifs is 1. The molecule has 1 fully saturated rings. The number of anilines is 1. The summed E-state index contributed by atoms with van der Waals surface area (Å²) < 4.78 is 23.1. The molecule has 5 nitrogen and oxygen atoms in total. The lowest BCUT2D eigenvalue weighted by molar-refractivity contribution is -0.118. The topological polar surface area (TPSA) is 57.7 Å². The summed E-state index contributed by atoms with van der Waals surface area (Å²) in [6.45, 7) is 1.36. The molecular weight excluding hydrogens is 300 g/mol. The van der Waals surface area contributed by atoms with Crippen molar-refractivity contribution in [3.63, 3.8) is 0 Å². The van der Waals surface area contributed by atoms with Gasteiger partial charge in [0.2, 0.25) is 5.91 Å². The Kier molecular flexibility index (Phi) is 4.23. The lowest BCUT2D eigenvalue weighted by Crippen LogP contribution is -2.37. The molecule has 1 unspecified atom stereocenters. The maximum absolute atomic E-state index is 12.4. The molecule has 0 aromatic heterocycles. The van der Waals surface area contributed by atoms with Crippen LogP contribution in [-0.2, 0) is 21.1 Å². The normalized spacial score (nSPS) is 23.0. The van der Waals surface area contributed by atoms with Crippen LogP contribution < -0.4 is 4.90 Å². The first-order valence-electron chi connectivity index (χ1n) is 7.75. The molecule has 22 heavy (non-hydrogen) atoms. The maximum Gasteiger partial charge on any atom is 0.228 e. The van der Waals surface area contributed by atoms with E-state index in [-0.39, 0.29) is 23.5 Å². The van der Waals surface area contributed by atoms with Crippen molar-refractivity contribution in [2.45, 2.75) is 25.3 Å². The van der Waals surface area contributed by atoms with Crippen LogP contribution in [0.1, 0.15) is 18.4 Å². The van der Waals surface area contributed by atoms with Crippen molar-refractivity contribution >= 4 is 21.4 Å². The van der Waals surface area contributed by atoms with Crippen LogP contribution in [0.5, 0.6) is 0 Å². The van der Waals surface area contributed by atoms with E-state index in [0.717, 1.165) is 18.7 Å². The molecule has 120 valence electrons. The molecule has 0 spiro atoms. The molecule has 1 atom stereocenters. The summed E-state index contributed by atoms with van der Waals surface area (Å²) in [6, 6.07) is 8.08. The first kappa shape index (κ1) is 15.5. The number of nitrogens with zero attached hydrogens (tertiary/aromatic N) is 2. The van der Waals surface area contributed by atoms with Gasteiger partial charge in [-0.05, 0) is 31.5 Å². The maximum atomic E-state index is 12.4. The van der Waals surface area contributed by atoms with Crippen LogP contribution in [0, 0.1) is 0 Å². The molecule has 0 radical (unpaired) electrons. The number of hydrogen-bond donors (Lipinski definition) is 0. The second-order valence-electron chi connectivity index (χ2n) is 6.21. The third-order valence-electron chi connectivity index (χ3n) is 4.70. The number of amides is 1. The molecule has 1 saturated heterocycles. The predicted octanol–water partition coefficient (Wildman–Crippen LogP) is 1.08. The number of carbonyl (C=O) groups excluding carboxylic acids is 1. The van der Waals surface area contributed by atoms with Crippen LogP contribution in [0.2, 0.25) is 0 Å². The van der Waals surface area contributed by atoms with Gasteiger partial charge < -0.3 is 9.80 Å². The standard InChI is InChI=1S/C16H22N2O3S/c1-17(14-8-11-22(20,21)12-14)9-7-16(19)18-10-6-13-4-2-3-5-15(13)18/h2-5,14H,6-12H2,1H3. The lowest BCUT2D eigenvalue weighted by Gasteiger charge is -2.24. The molecule has 0 bridgehead atoms. The van der Waals surface area contributed by atoms with Crippen molar-refractivity contribution in [1.29, 1.82) is 0 Å². The monoisotopic (exact) mass is 322 g/mol. The zero-order valence-electron chi connectivity index (χ0n) is 12.9. The summed E-state index contributed by atoms with van der Waals surface area (Å²) in [7, 11) is -0.958. The summed E-state index contributed by atoms with van der Waals surface area (Å²) in [4.78, 5) is 16.3. The minimum atomic E-state index is -2.87. The van der Waals surface area contributed by atoms with E-state index in [1.54, 1.807) is 0 Å². The van der Waals surface area contributed by atoms with Gasteiger partial charge in [-0.25, -0.2) is 8.42 Å². The highest BCUT2D eigenvalue weighted by Gasteiger charge is 2.31. The van der Waals surface area contributed by atoms with E-state index < -0.39 is 9.84 Å². The summed E-state index contributed by atoms with van der Waals surface area (Å²) in [5.41, 5.74) is 2.25. The second-order valence-corrected chi connectivity index (χ2v) is 8.44. The molecule has 1 aromatic carbocycles. The Morgan fingerprint density at radius 3 is 2.86 bits per heavy atom. The van der Waals surface area contributed by atoms with Gasteiger partial charge in [0.25, 0.3) is 0 Å². The molecule has 6 heteroatoms. The summed E-state index contributed by atoms with van der Waals surface area (Å²) >= 11 is 0. The van der Waals surface area contributed by atoms with Gasteiger partial charge in [-0.3, -0.25) is 4.79 Å². The fourth-order valence-electron chi connectivity index (χ4n) is 3.31. The first-order valence-corrected chi connectivity index (χ1v) is 9.57. The molecule has 1 amide bonds. The molecule has 3 rings (SSSR count). The fourth-order valence-corrected chi connectivity index (χ4v) is 5.12. The predicted molar refractivity (Wildman–Crippen MR) is 86.8 cm³/mol. The zero-order chi connectivity index (χ0) is 15.7. The van der Waals surface area contributed by atoms with Crippen LogP contribution in [-0.4, -0.2) is 56.9 Å². The summed E-state index contributed by atoms with van der Waals surface area (Å²) in [5, 5.41) is 0. The van der Waals surface area contributed by atoms with Gasteiger partial charge in [0.1, 0.15) is 0 Å². The van der Waals surface area contributed by atoms with E-state index in [4.69, 9.17) is 0 Å². The number of benzene rings is 1. The Morgan fingerprint density at radius 2 is 2.14 bits per heavy atom. The van der Waals surface area contributed by atoms with Gasteiger partial charge in [0, 0.05) is 31.2 Å². The average molecular weight is 322 g/mol. The Bertz CT molecular complexity index is 672. The van der Waals surface area contributed by atoms with Crippen LogP contribution in [0.3, 0.4) is 0 Å². The molecule has 1 aromatic rings. The highest BCUT2D eigenvalue weighted by atomic mass is 32.2. The third kappa shape index (κ3) is 3.17. The van der Waals surface area contributed by atoms with E-state index in [9.17, 15) is 13.2 Å². The van der Waals surface area contributed by atoms with Crippen LogP contribution >= 0.6 is 0 Å². The van der Waals surface area contributed by atoms with Crippen molar-refractivity contribution in [1.82, 2.24) is 4.90 Å². The first-order chi connectivity index (χ1) is 10.5. The lowest BCUT2D eigenvalue weighted by atomic mass is 10.2. The largest absolute Gasteiger partial charge is 0.312 e. The number of para-hydroxylation sites is 1. The van der Waals surface area contributed by atoms with Crippen molar-refractivity contribution in [2.24, 2.45) is 0 Å². The molecular formula is C16H22N2O3S. The molecule has 0 saturated carbocycles. The van der Waals surface area contributed by atoms with Gasteiger partial charge in [-0.15, -0.1) is 0 Å². The van der Waals surface area contributed by atoms with Crippen molar-refractivity contribution < 1.29 is 13.2 Å². The van der Waals surface area contributed by atoms with Crippen molar-refractivity contribution in [3.05, 3.63) is 29.8 Å². The van der Waals surface area contributed by atoms with Gasteiger partial charge in [0.15, 0.2) is 9.84 Å². The van der Waals surface area contributed by atoms with Gasteiger partial charge >= 0.3 is 0 Å². The Morgan fingerprint density at radius 1 is 1.36 bits per heavy atom. The van der Waals surface area contributed by atoms with E-state index >= 15 is 0 Å². The zero-order valence-corrected chi connectivity index (χ0v) is 13.7. The summed E-state index contributed by atoms with van der Waals surface area (Å²) in [6.07, 6.45) is 2.03. The smallest absolute Gasteiger partial charge is 0.228 e. The van der Waals surface area contributed by atoms with E-state index in [2.05, 4.69) is 6.07 Å². The Hall–Kier alpha value is -1.40. The van der Waals surface area contributed by atoms with E-state index in [1.807, 2.05) is 35.0 Å². The number of rotatable bonds is 4. The number of hydrogen-bond acceptors (Lipinski definition) is 4. The molecule has 2 heterocycles. The Balaban J connectivity index is 1.55. The molecule has 0 N–H and O–H groups in total. The van der Waals surface area contributed by atoms with Crippen molar-refractivity contribution in [2.75, 3.05) is 36.5 Å². The van der Waals surface area contributed by atoms with Gasteiger partial charge in [0.05, 0.1) is 11.5 Å². The summed E-state index contributed by atoms with van der Waals surface area (Å²) in [5.74, 6) is 0.623. The number of carbonyl (C=O) groups is 1. The minimum Gasteiger partial charge on any atom is -0.312 e. The van der Waals surface area contributed by atoms with Crippen LogP contribution in [0.25, 0.3) is 0 Å². The fraction of sp³-hybridized carbons (Fsp3) is 0.562. The quantitative estimate of drug-likeness (QED) is 0.832. The van der Waals surface area contributed by atoms with Gasteiger partial charge in [-0.2, -0.15) is 0 Å². The third-order valence-corrected chi connectivity index (χ3v) is 6.45. The number of sulfone groups is 1. The SMILES string of the molecule is CN(CCC(=O)N1CCc2ccccc21)C1CCS(=O)(=O)C1. The van der Waals surface area contributed by atoms with Gasteiger partial charge in [-0.1, -0.05) is 18.2 Å². The highest BCUT2D eigenvalue weighted by Crippen LogP contribution is 2.28. The van der Waals surface area contributed by atoms with Crippen LogP contribution in [0.15, 0.2) is 24.3 Å². The van der Waals surface area contributed by atoms with E-state index in [1.165, 1.54) is 5.56 Å². The average Bonchev–Trinajstić information content (AvgIpc) is 3.07. The Labute approximate surface area is 131 Å². The molecule has 0 aliphatic carbocycles. The van der Waals surface area contributed by atoms with Crippen molar-refractivity contribution in [3.8, 4) is 0 Å². The van der Waals surface area contributed by atoms with E-state index in [0.29, 0.717) is 19.4 Å².